The molecule has 1 aromatic carbocycles. The molecule has 0 saturated carbocycles. The van der Waals surface area contributed by atoms with Gasteiger partial charge in [-0.15, -0.1) is 0 Å². The topological polar surface area (TPSA) is 58.3 Å². The molecule has 144 valence electrons. The van der Waals surface area contributed by atoms with E-state index in [1.807, 2.05) is 45.3 Å². The molecule has 5 nitrogen and oxygen atoms in total. The third kappa shape index (κ3) is 4.03. The number of nitrogens with zero attached hydrogens (tertiary/aromatic N) is 4. The molecule has 1 N–H and O–H groups in total. The molecule has 0 aliphatic carbocycles. The molecule has 28 heavy (non-hydrogen) atoms. The number of aryl methyl sites for hydroxylation is 1. The lowest BCUT2D eigenvalue weighted by atomic mass is 9.98. The van der Waals surface area contributed by atoms with Crippen molar-refractivity contribution in [2.45, 2.75) is 33.6 Å². The quantitative estimate of drug-likeness (QED) is 0.388. The van der Waals surface area contributed by atoms with Crippen molar-refractivity contribution in [3.8, 4) is 0 Å². The van der Waals surface area contributed by atoms with Gasteiger partial charge in [-0.05, 0) is 24.6 Å². The fraction of sp³-hybridized carbons (Fsp3) is 0.261. The lowest BCUT2D eigenvalue weighted by Crippen LogP contribution is -2.04. The van der Waals surface area contributed by atoms with Gasteiger partial charge in [0.05, 0.1) is 17.4 Å². The predicted octanol–water partition coefficient (Wildman–Crippen LogP) is 5.15. The Hall–Kier alpha value is -3.21. The average molecular weight is 374 g/mol. The van der Waals surface area contributed by atoms with Crippen LogP contribution in [0, 0.1) is 6.92 Å². The number of aromatic amines is 1. The number of aliphatic imine (C=N–C) groups is 1. The normalized spacial score (nSPS) is 11.5. The zero-order chi connectivity index (χ0) is 20.1. The number of aromatic nitrogens is 4. The van der Waals surface area contributed by atoms with E-state index >= 15 is 0 Å². The van der Waals surface area contributed by atoms with E-state index in [1.165, 1.54) is 5.56 Å². The third-order valence-electron chi connectivity index (χ3n) is 4.56. The van der Waals surface area contributed by atoms with E-state index in [1.54, 1.807) is 0 Å². The number of pyridine rings is 1. The number of nitrogens with one attached hydrogen (secondary N) is 1. The fourth-order valence-electron chi connectivity index (χ4n) is 3.31. The molecule has 0 radical (unpaired) electrons. The molecule has 5 heteroatoms. The monoisotopic (exact) mass is 373 g/mol. The van der Waals surface area contributed by atoms with E-state index in [4.69, 9.17) is 0 Å². The van der Waals surface area contributed by atoms with Gasteiger partial charge >= 0.3 is 0 Å². The Morgan fingerprint density at radius 1 is 1.18 bits per heavy atom. The van der Waals surface area contributed by atoms with E-state index in [0.717, 1.165) is 45.5 Å². The zero-order valence-corrected chi connectivity index (χ0v) is 17.0. The number of hydrogen-bond donors (Lipinski definition) is 1. The van der Waals surface area contributed by atoms with Crippen molar-refractivity contribution in [1.82, 2.24) is 19.6 Å². The van der Waals surface area contributed by atoms with E-state index in [-0.39, 0.29) is 0 Å². The molecule has 0 fully saturated rings. The molecule has 4 aromatic rings. The highest BCUT2D eigenvalue weighted by Crippen LogP contribution is 2.21. The average Bonchev–Trinajstić information content (AvgIpc) is 3.33. The molecule has 0 unspecified atom stereocenters. The van der Waals surface area contributed by atoms with Gasteiger partial charge in [-0.2, -0.15) is 5.10 Å². The van der Waals surface area contributed by atoms with Crippen molar-refractivity contribution in [3.05, 3.63) is 77.9 Å². The van der Waals surface area contributed by atoms with E-state index in [9.17, 15) is 0 Å². The van der Waals surface area contributed by atoms with Crippen LogP contribution in [0.15, 0.2) is 66.1 Å². The number of imidazole rings is 1. The molecule has 0 aliphatic rings. The summed E-state index contributed by atoms with van der Waals surface area (Å²) >= 11 is 0. The van der Waals surface area contributed by atoms with Crippen LogP contribution in [0.5, 0.6) is 0 Å². The van der Waals surface area contributed by atoms with Gasteiger partial charge in [0, 0.05) is 48.9 Å². The van der Waals surface area contributed by atoms with Crippen LogP contribution >= 0.6 is 0 Å². The van der Waals surface area contributed by atoms with Crippen LogP contribution < -0.4 is 0 Å². The first-order chi connectivity index (χ1) is 13.6. The summed E-state index contributed by atoms with van der Waals surface area (Å²) in [5.74, 6) is 0. The minimum absolute atomic E-state index is 0.716. The Kier molecular flexibility index (Phi) is 6.04. The Bertz CT molecular complexity index is 1130. The van der Waals surface area contributed by atoms with Gasteiger partial charge in [-0.3, -0.25) is 10.1 Å². The molecular weight excluding hydrogens is 346 g/mol. The smallest absolute Gasteiger partial charge is 0.136 e. The third-order valence-corrected chi connectivity index (χ3v) is 4.56. The summed E-state index contributed by atoms with van der Waals surface area (Å²) < 4.78 is 2.07. The number of fused-ring (bicyclic) bond motifs is 2. The van der Waals surface area contributed by atoms with Gasteiger partial charge in [-0.25, -0.2) is 4.98 Å². The summed E-state index contributed by atoms with van der Waals surface area (Å²) in [7, 11) is 1.83. The Labute approximate surface area is 165 Å². The Morgan fingerprint density at radius 2 is 2.00 bits per heavy atom. The highest BCUT2D eigenvalue weighted by atomic mass is 15.1. The molecular formula is C23H27N5. The zero-order valence-electron chi connectivity index (χ0n) is 17.0. The first-order valence-electron chi connectivity index (χ1n) is 9.63. The molecule has 4 rings (SSSR count). The van der Waals surface area contributed by atoms with Gasteiger partial charge in [-0.1, -0.05) is 44.2 Å². The maximum atomic E-state index is 4.69. The van der Waals surface area contributed by atoms with Crippen LogP contribution in [0.2, 0.25) is 0 Å². The van der Waals surface area contributed by atoms with Crippen molar-refractivity contribution < 1.29 is 0 Å². The molecule has 0 amide bonds. The molecule has 0 bridgehead atoms. The fourth-order valence-corrected chi connectivity index (χ4v) is 3.31. The lowest BCUT2D eigenvalue weighted by Gasteiger charge is -2.09. The van der Waals surface area contributed by atoms with Crippen molar-refractivity contribution in [3.63, 3.8) is 0 Å². The van der Waals surface area contributed by atoms with Gasteiger partial charge in [0.15, 0.2) is 0 Å². The first-order valence-corrected chi connectivity index (χ1v) is 9.63. The Balaban J connectivity index is 0.00000109. The number of benzene rings is 1. The van der Waals surface area contributed by atoms with E-state index in [0.29, 0.717) is 6.42 Å². The molecule has 0 aliphatic heterocycles. The number of H-pyrrole nitrogens is 1. The standard InChI is InChI=1S/C21H21N5.C2H6/c1-14-7-8-21-24-16(13-26(21)12-14)9-15(2)10-20(22-3)17-5-4-6-19-18(17)11-23-25-19;1-2/h4-8,11-13H,2,9-10H2,1,3H3,(H,23,25);1-2H3. The maximum absolute atomic E-state index is 4.69. The lowest BCUT2D eigenvalue weighted by molar-refractivity contribution is 1.05. The van der Waals surface area contributed by atoms with Crippen LogP contribution in [0.4, 0.5) is 0 Å². The van der Waals surface area contributed by atoms with Crippen molar-refractivity contribution in [2.24, 2.45) is 4.99 Å². The number of hydrogen-bond acceptors (Lipinski definition) is 3. The number of allylic oxidation sites excluding steroid dienone is 1. The Morgan fingerprint density at radius 3 is 2.79 bits per heavy atom. The minimum atomic E-state index is 0.716. The number of rotatable bonds is 5. The van der Waals surface area contributed by atoms with Crippen molar-refractivity contribution in [2.75, 3.05) is 7.05 Å². The van der Waals surface area contributed by atoms with Gasteiger partial charge < -0.3 is 4.40 Å². The maximum Gasteiger partial charge on any atom is 0.136 e. The van der Waals surface area contributed by atoms with Crippen LogP contribution in [0.3, 0.4) is 0 Å². The molecule has 3 heterocycles. The van der Waals surface area contributed by atoms with Crippen molar-refractivity contribution >= 4 is 22.3 Å². The second-order valence-corrected chi connectivity index (χ2v) is 6.61. The second kappa shape index (κ2) is 8.65. The molecule has 0 spiro atoms. The van der Waals surface area contributed by atoms with Crippen LogP contribution in [-0.4, -0.2) is 32.3 Å². The van der Waals surface area contributed by atoms with Crippen molar-refractivity contribution in [1.29, 1.82) is 0 Å². The summed E-state index contributed by atoms with van der Waals surface area (Å²) in [6.07, 6.45) is 7.47. The van der Waals surface area contributed by atoms with Crippen LogP contribution in [0.25, 0.3) is 16.6 Å². The van der Waals surface area contributed by atoms with Gasteiger partial charge in [0.2, 0.25) is 0 Å². The largest absolute Gasteiger partial charge is 0.307 e. The highest BCUT2D eigenvalue weighted by Gasteiger charge is 2.12. The SMILES string of the molecule is C=C(CC(=NC)c1cccc2[nH]ncc12)Cc1cn2cc(C)ccc2n1.CC. The summed E-state index contributed by atoms with van der Waals surface area (Å²) in [4.78, 5) is 9.20. The van der Waals surface area contributed by atoms with Crippen LogP contribution in [0.1, 0.15) is 37.1 Å². The summed E-state index contributed by atoms with van der Waals surface area (Å²) in [5, 5.41) is 8.24. The van der Waals surface area contributed by atoms with E-state index in [2.05, 4.69) is 62.6 Å². The van der Waals surface area contributed by atoms with E-state index < -0.39 is 0 Å². The molecule has 3 aromatic heterocycles. The first kappa shape index (κ1) is 19.5. The predicted molar refractivity (Wildman–Crippen MR) is 117 cm³/mol. The molecule has 0 atom stereocenters. The van der Waals surface area contributed by atoms with Gasteiger partial charge in [0.25, 0.3) is 0 Å². The summed E-state index contributed by atoms with van der Waals surface area (Å²) in [6, 6.07) is 10.2. The summed E-state index contributed by atoms with van der Waals surface area (Å²) in [5.41, 5.74) is 7.43. The van der Waals surface area contributed by atoms with Gasteiger partial charge in [0.1, 0.15) is 5.65 Å². The highest BCUT2D eigenvalue weighted by molar-refractivity contribution is 6.10. The minimum Gasteiger partial charge on any atom is -0.307 e. The second-order valence-electron chi connectivity index (χ2n) is 6.61. The van der Waals surface area contributed by atoms with Crippen LogP contribution in [-0.2, 0) is 6.42 Å². The summed E-state index contributed by atoms with van der Waals surface area (Å²) in [6.45, 7) is 10.3. The molecule has 0 saturated heterocycles.